The van der Waals surface area contributed by atoms with E-state index in [4.69, 9.17) is 5.73 Å². The number of nitrogen functional groups attached to an aromatic ring is 1. The van der Waals surface area contributed by atoms with E-state index in [0.717, 1.165) is 24.3 Å². The lowest BCUT2D eigenvalue weighted by Gasteiger charge is -2.13. The van der Waals surface area contributed by atoms with Crippen molar-refractivity contribution in [3.05, 3.63) is 47.7 Å². The predicted molar refractivity (Wildman–Crippen MR) is 64.1 cm³/mol. The smallest absolute Gasteiger partial charge is 0.384 e. The molecule has 21 heavy (non-hydrogen) atoms. The van der Waals surface area contributed by atoms with Gasteiger partial charge in [0.15, 0.2) is 5.69 Å². The van der Waals surface area contributed by atoms with Gasteiger partial charge in [-0.3, -0.25) is 0 Å². The lowest BCUT2D eigenvalue weighted by molar-refractivity contribution is -0.140. The highest BCUT2D eigenvalue weighted by Crippen LogP contribution is 2.37. The van der Waals surface area contributed by atoms with Crippen molar-refractivity contribution in [2.24, 2.45) is 0 Å². The van der Waals surface area contributed by atoms with E-state index in [2.05, 4.69) is 4.98 Å². The molecule has 0 aliphatic rings. The van der Waals surface area contributed by atoms with Gasteiger partial charge in [0, 0.05) is 5.56 Å². The highest BCUT2D eigenvalue weighted by Gasteiger charge is 2.36. The van der Waals surface area contributed by atoms with Crippen LogP contribution in [-0.2, 0) is 12.4 Å². The number of rotatable bonds is 1. The fourth-order valence-electron chi connectivity index (χ4n) is 1.76. The summed E-state index contributed by atoms with van der Waals surface area (Å²) in [4.78, 5) is 3.22. The van der Waals surface area contributed by atoms with Crippen LogP contribution in [0.2, 0.25) is 0 Å². The largest absolute Gasteiger partial charge is 0.434 e. The van der Waals surface area contributed by atoms with Crippen LogP contribution >= 0.6 is 0 Å². The second-order valence-corrected chi connectivity index (χ2v) is 4.21. The third-order valence-electron chi connectivity index (χ3n) is 2.71. The van der Waals surface area contributed by atoms with Gasteiger partial charge in [0.05, 0.1) is 5.56 Å². The zero-order chi connectivity index (χ0) is 15.8. The molecule has 1 heterocycles. The molecular formula is C13H8F6N2. The van der Waals surface area contributed by atoms with Crippen molar-refractivity contribution in [2.75, 3.05) is 5.73 Å². The highest BCUT2D eigenvalue weighted by molar-refractivity contribution is 5.68. The number of nitrogens with two attached hydrogens (primary N) is 1. The van der Waals surface area contributed by atoms with Crippen LogP contribution in [0.3, 0.4) is 0 Å². The van der Waals surface area contributed by atoms with Crippen LogP contribution in [0.15, 0.2) is 36.4 Å². The number of aromatic nitrogens is 1. The van der Waals surface area contributed by atoms with E-state index < -0.39 is 23.6 Å². The molecule has 2 aromatic rings. The van der Waals surface area contributed by atoms with E-state index in [0.29, 0.717) is 12.1 Å². The molecule has 0 amide bonds. The Morgan fingerprint density at radius 3 is 1.81 bits per heavy atom. The van der Waals surface area contributed by atoms with Gasteiger partial charge in [-0.25, -0.2) is 4.98 Å². The fourth-order valence-corrected chi connectivity index (χ4v) is 1.76. The van der Waals surface area contributed by atoms with Crippen molar-refractivity contribution < 1.29 is 26.3 Å². The molecule has 0 radical (unpaired) electrons. The summed E-state index contributed by atoms with van der Waals surface area (Å²) in [7, 11) is 0. The maximum absolute atomic E-state index is 12.9. The van der Waals surface area contributed by atoms with Crippen LogP contribution in [0.25, 0.3) is 11.1 Å². The van der Waals surface area contributed by atoms with Crippen molar-refractivity contribution in [2.45, 2.75) is 12.4 Å². The molecule has 112 valence electrons. The summed E-state index contributed by atoms with van der Waals surface area (Å²) < 4.78 is 76.0. The normalized spacial score (nSPS) is 12.5. The predicted octanol–water partition coefficient (Wildman–Crippen LogP) is 4.37. The number of halogens is 6. The first-order valence-electron chi connectivity index (χ1n) is 5.60. The lowest BCUT2D eigenvalue weighted by atomic mass is 10.0. The molecule has 1 aromatic carbocycles. The molecule has 0 unspecified atom stereocenters. The van der Waals surface area contributed by atoms with E-state index in [9.17, 15) is 26.3 Å². The minimum atomic E-state index is -4.76. The average Bonchev–Trinajstić information content (AvgIpc) is 2.37. The first-order valence-corrected chi connectivity index (χ1v) is 5.60. The number of nitrogens with zero attached hydrogens (tertiary/aromatic N) is 1. The van der Waals surface area contributed by atoms with Gasteiger partial charge in [0.25, 0.3) is 0 Å². The Balaban J connectivity index is 2.52. The van der Waals surface area contributed by atoms with Crippen LogP contribution in [0, 0.1) is 0 Å². The third-order valence-corrected chi connectivity index (χ3v) is 2.71. The van der Waals surface area contributed by atoms with Crippen molar-refractivity contribution >= 4 is 5.82 Å². The molecule has 0 aliphatic carbocycles. The Morgan fingerprint density at radius 2 is 1.33 bits per heavy atom. The van der Waals surface area contributed by atoms with E-state index >= 15 is 0 Å². The Labute approximate surface area is 115 Å². The zero-order valence-electron chi connectivity index (χ0n) is 10.3. The van der Waals surface area contributed by atoms with E-state index in [1.807, 2.05) is 0 Å². The Kier molecular flexibility index (Phi) is 3.56. The molecule has 8 heteroatoms. The first kappa shape index (κ1) is 15.1. The Hall–Kier alpha value is -2.25. The number of pyridine rings is 1. The van der Waals surface area contributed by atoms with Gasteiger partial charge in [-0.1, -0.05) is 12.1 Å². The van der Waals surface area contributed by atoms with Crippen LogP contribution < -0.4 is 5.73 Å². The first-order chi connectivity index (χ1) is 9.59. The maximum Gasteiger partial charge on any atom is 0.434 e. The average molecular weight is 306 g/mol. The summed E-state index contributed by atoms with van der Waals surface area (Å²) in [6.45, 7) is 0. The molecule has 0 saturated carbocycles. The molecular weight excluding hydrogens is 298 g/mol. The highest BCUT2D eigenvalue weighted by atomic mass is 19.4. The number of alkyl halides is 6. The fraction of sp³-hybridized carbons (Fsp3) is 0.154. The van der Waals surface area contributed by atoms with Crippen molar-refractivity contribution in [3.8, 4) is 11.1 Å². The SMILES string of the molecule is Nc1ccc(-c2ccc(C(F)(F)F)cc2)c(C(F)(F)F)n1. The van der Waals surface area contributed by atoms with Crippen molar-refractivity contribution in [1.82, 2.24) is 4.98 Å². The topological polar surface area (TPSA) is 38.9 Å². The summed E-state index contributed by atoms with van der Waals surface area (Å²) in [5.74, 6) is -0.321. The second kappa shape index (κ2) is 4.94. The van der Waals surface area contributed by atoms with Gasteiger partial charge in [-0.2, -0.15) is 26.3 Å². The van der Waals surface area contributed by atoms with Gasteiger partial charge in [0.2, 0.25) is 0 Å². The molecule has 0 atom stereocenters. The summed E-state index contributed by atoms with van der Waals surface area (Å²) in [6.07, 6.45) is -9.31. The van der Waals surface area contributed by atoms with Crippen LogP contribution in [0.5, 0.6) is 0 Å². The third kappa shape index (κ3) is 3.26. The van der Waals surface area contributed by atoms with Crippen LogP contribution in [0.4, 0.5) is 32.2 Å². The molecule has 2 N–H and O–H groups in total. The van der Waals surface area contributed by atoms with Crippen LogP contribution in [-0.4, -0.2) is 4.98 Å². The zero-order valence-corrected chi connectivity index (χ0v) is 10.3. The molecule has 0 aliphatic heterocycles. The van der Waals surface area contributed by atoms with Crippen LogP contribution in [0.1, 0.15) is 11.3 Å². The van der Waals surface area contributed by atoms with Crippen molar-refractivity contribution in [3.63, 3.8) is 0 Å². The van der Waals surface area contributed by atoms with Gasteiger partial charge >= 0.3 is 12.4 Å². The van der Waals surface area contributed by atoms with Crippen molar-refractivity contribution in [1.29, 1.82) is 0 Å². The molecule has 0 bridgehead atoms. The Morgan fingerprint density at radius 1 is 0.762 bits per heavy atom. The summed E-state index contributed by atoms with van der Waals surface area (Å²) in [5, 5.41) is 0. The monoisotopic (exact) mass is 306 g/mol. The van der Waals surface area contributed by atoms with Gasteiger partial charge in [-0.05, 0) is 29.8 Å². The molecule has 0 spiro atoms. The van der Waals surface area contributed by atoms with Gasteiger partial charge in [0.1, 0.15) is 5.82 Å². The van der Waals surface area contributed by atoms with E-state index in [-0.39, 0.29) is 16.9 Å². The minimum Gasteiger partial charge on any atom is -0.384 e. The number of anilines is 1. The summed E-state index contributed by atoms with van der Waals surface area (Å²) >= 11 is 0. The molecule has 0 saturated heterocycles. The van der Waals surface area contributed by atoms with Gasteiger partial charge < -0.3 is 5.73 Å². The molecule has 0 fully saturated rings. The van der Waals surface area contributed by atoms with Gasteiger partial charge in [-0.15, -0.1) is 0 Å². The Bertz CT molecular complexity index is 643. The summed E-state index contributed by atoms with van der Waals surface area (Å²) in [5.41, 5.74) is 2.69. The number of hydrogen-bond acceptors (Lipinski definition) is 2. The quantitative estimate of drug-likeness (QED) is 0.795. The molecule has 2 rings (SSSR count). The van der Waals surface area contributed by atoms with E-state index in [1.54, 1.807) is 0 Å². The van der Waals surface area contributed by atoms with E-state index in [1.165, 1.54) is 0 Å². The standard InChI is InChI=1S/C13H8F6N2/c14-12(15,16)8-3-1-7(2-4-8)9-5-6-10(20)21-11(9)13(17,18)19/h1-6H,(H2,20,21). The number of benzene rings is 1. The summed E-state index contributed by atoms with van der Waals surface area (Å²) in [6, 6.07) is 5.59. The molecule has 1 aromatic heterocycles. The minimum absolute atomic E-state index is 0.0252. The maximum atomic E-state index is 12.9. The number of hydrogen-bond donors (Lipinski definition) is 1. The molecule has 2 nitrogen and oxygen atoms in total. The lowest BCUT2D eigenvalue weighted by Crippen LogP contribution is -2.11. The second-order valence-electron chi connectivity index (χ2n) is 4.21.